The van der Waals surface area contributed by atoms with E-state index in [-0.39, 0.29) is 0 Å². The Bertz CT molecular complexity index is 740. The summed E-state index contributed by atoms with van der Waals surface area (Å²) in [5.41, 5.74) is 3.13. The molecule has 19 heavy (non-hydrogen) atoms. The zero-order valence-corrected chi connectivity index (χ0v) is 11.2. The van der Waals surface area contributed by atoms with E-state index < -0.39 is 0 Å². The molecule has 3 aromatic rings. The summed E-state index contributed by atoms with van der Waals surface area (Å²) >= 11 is 6.00. The third-order valence-electron chi connectivity index (χ3n) is 3.09. The number of benzene rings is 2. The molecule has 0 radical (unpaired) electrons. The number of ether oxygens (including phenoxy) is 1. The van der Waals surface area contributed by atoms with Gasteiger partial charge < -0.3 is 4.74 Å². The summed E-state index contributed by atoms with van der Waals surface area (Å²) in [7, 11) is 1.67. The Labute approximate surface area is 116 Å². The van der Waals surface area contributed by atoms with E-state index in [2.05, 4.69) is 11.1 Å². The molecule has 2 aromatic carbocycles. The minimum absolute atomic E-state index is 0.697. The summed E-state index contributed by atoms with van der Waals surface area (Å²) in [5, 5.41) is 1.78. The molecule has 0 saturated carbocycles. The Kier molecular flexibility index (Phi) is 3.10. The third-order valence-corrected chi connectivity index (χ3v) is 3.32. The number of hydrogen-bond acceptors (Lipinski definition) is 2. The molecule has 0 N–H and O–H groups in total. The van der Waals surface area contributed by atoms with Crippen molar-refractivity contribution in [2.24, 2.45) is 0 Å². The summed E-state index contributed by atoms with van der Waals surface area (Å²) < 4.78 is 5.27. The molecule has 0 aliphatic carbocycles. The first kappa shape index (κ1) is 12.0. The first-order valence-electron chi connectivity index (χ1n) is 5.96. The fraction of sp³-hybridized carbons (Fsp3) is 0.0625. The number of halogens is 1. The van der Waals surface area contributed by atoms with Crippen LogP contribution in [0.3, 0.4) is 0 Å². The van der Waals surface area contributed by atoms with Gasteiger partial charge in [0.1, 0.15) is 5.75 Å². The van der Waals surface area contributed by atoms with Crippen LogP contribution in [0, 0.1) is 0 Å². The van der Waals surface area contributed by atoms with Crippen molar-refractivity contribution in [3.05, 3.63) is 59.8 Å². The van der Waals surface area contributed by atoms with Crippen LogP contribution >= 0.6 is 11.6 Å². The molecule has 0 aliphatic rings. The van der Waals surface area contributed by atoms with E-state index in [0.29, 0.717) is 5.02 Å². The predicted octanol–water partition coefficient (Wildman–Crippen LogP) is 4.56. The molecule has 94 valence electrons. The molecule has 0 saturated heterocycles. The summed E-state index contributed by atoms with van der Waals surface area (Å²) in [4.78, 5) is 4.36. The van der Waals surface area contributed by atoms with Crippen LogP contribution in [-0.4, -0.2) is 12.1 Å². The monoisotopic (exact) mass is 269 g/mol. The third kappa shape index (κ3) is 2.27. The summed E-state index contributed by atoms with van der Waals surface area (Å²) in [6.07, 6.45) is 1.80. The molecule has 0 aliphatic heterocycles. The van der Waals surface area contributed by atoms with Crippen molar-refractivity contribution in [1.29, 1.82) is 0 Å². The Morgan fingerprint density at radius 3 is 2.79 bits per heavy atom. The first-order valence-corrected chi connectivity index (χ1v) is 6.34. The van der Waals surface area contributed by atoms with Crippen LogP contribution in [0.5, 0.6) is 5.75 Å². The van der Waals surface area contributed by atoms with E-state index in [9.17, 15) is 0 Å². The summed E-state index contributed by atoms with van der Waals surface area (Å²) in [6.45, 7) is 0. The van der Waals surface area contributed by atoms with Crippen molar-refractivity contribution >= 4 is 22.5 Å². The Hall–Kier alpha value is -2.06. The average Bonchev–Trinajstić information content (AvgIpc) is 2.46. The van der Waals surface area contributed by atoms with Gasteiger partial charge in [-0.25, -0.2) is 0 Å². The quantitative estimate of drug-likeness (QED) is 0.680. The van der Waals surface area contributed by atoms with Gasteiger partial charge >= 0.3 is 0 Å². The Morgan fingerprint density at radius 2 is 1.95 bits per heavy atom. The van der Waals surface area contributed by atoms with Crippen molar-refractivity contribution in [3.63, 3.8) is 0 Å². The highest BCUT2D eigenvalue weighted by Crippen LogP contribution is 2.30. The number of rotatable bonds is 2. The van der Waals surface area contributed by atoms with Crippen molar-refractivity contribution < 1.29 is 4.74 Å². The number of aromatic nitrogens is 1. The molecule has 0 atom stereocenters. The van der Waals surface area contributed by atoms with Gasteiger partial charge in [0.05, 0.1) is 12.6 Å². The second-order valence-corrected chi connectivity index (χ2v) is 4.69. The molecule has 0 unspecified atom stereocenters. The van der Waals surface area contributed by atoms with Gasteiger partial charge in [0.2, 0.25) is 0 Å². The minimum Gasteiger partial charge on any atom is -0.497 e. The van der Waals surface area contributed by atoms with Gasteiger partial charge in [-0.15, -0.1) is 0 Å². The van der Waals surface area contributed by atoms with E-state index in [1.54, 1.807) is 13.3 Å². The number of pyridine rings is 1. The van der Waals surface area contributed by atoms with Crippen molar-refractivity contribution in [2.75, 3.05) is 7.11 Å². The second kappa shape index (κ2) is 4.90. The number of nitrogens with zero attached hydrogens (tertiary/aromatic N) is 1. The predicted molar refractivity (Wildman–Crippen MR) is 78.7 cm³/mol. The van der Waals surface area contributed by atoms with Gasteiger partial charge in [-0.2, -0.15) is 0 Å². The van der Waals surface area contributed by atoms with Crippen LogP contribution in [0.2, 0.25) is 5.02 Å². The SMILES string of the molecule is COc1cccc(-c2ccnc3cc(Cl)ccc23)c1. The van der Waals surface area contributed by atoms with Crippen LogP contribution in [0.15, 0.2) is 54.7 Å². The second-order valence-electron chi connectivity index (χ2n) is 4.25. The lowest BCUT2D eigenvalue weighted by Gasteiger charge is -2.08. The fourth-order valence-corrected chi connectivity index (χ4v) is 2.33. The lowest BCUT2D eigenvalue weighted by molar-refractivity contribution is 0.415. The average molecular weight is 270 g/mol. The lowest BCUT2D eigenvalue weighted by Crippen LogP contribution is -1.86. The zero-order chi connectivity index (χ0) is 13.2. The molecular weight excluding hydrogens is 258 g/mol. The Balaban J connectivity index is 2.24. The highest BCUT2D eigenvalue weighted by molar-refractivity contribution is 6.31. The van der Waals surface area contributed by atoms with E-state index >= 15 is 0 Å². The number of fused-ring (bicyclic) bond motifs is 1. The van der Waals surface area contributed by atoms with Crippen LogP contribution in [0.1, 0.15) is 0 Å². The van der Waals surface area contributed by atoms with Crippen molar-refractivity contribution in [2.45, 2.75) is 0 Å². The Morgan fingerprint density at radius 1 is 1.05 bits per heavy atom. The van der Waals surface area contributed by atoms with Gasteiger partial charge in [0, 0.05) is 16.6 Å². The van der Waals surface area contributed by atoms with Gasteiger partial charge in [0.25, 0.3) is 0 Å². The molecule has 0 spiro atoms. The fourth-order valence-electron chi connectivity index (χ4n) is 2.16. The maximum Gasteiger partial charge on any atom is 0.119 e. The normalized spacial score (nSPS) is 10.6. The molecule has 3 heteroatoms. The zero-order valence-electron chi connectivity index (χ0n) is 10.4. The molecule has 0 amide bonds. The first-order chi connectivity index (χ1) is 9.28. The molecule has 1 aromatic heterocycles. The molecule has 2 nitrogen and oxygen atoms in total. The highest BCUT2D eigenvalue weighted by atomic mass is 35.5. The van der Waals surface area contributed by atoms with Gasteiger partial charge in [-0.1, -0.05) is 29.8 Å². The summed E-state index contributed by atoms with van der Waals surface area (Å²) in [5.74, 6) is 0.844. The topological polar surface area (TPSA) is 22.1 Å². The summed E-state index contributed by atoms with van der Waals surface area (Å²) in [6, 6.07) is 15.8. The number of hydrogen-bond donors (Lipinski definition) is 0. The van der Waals surface area contributed by atoms with Crippen molar-refractivity contribution in [1.82, 2.24) is 4.98 Å². The lowest BCUT2D eigenvalue weighted by atomic mass is 10.0. The van der Waals surface area contributed by atoms with Crippen LogP contribution in [0.4, 0.5) is 0 Å². The van der Waals surface area contributed by atoms with Gasteiger partial charge in [-0.3, -0.25) is 4.98 Å². The minimum atomic E-state index is 0.697. The molecule has 0 bridgehead atoms. The van der Waals surface area contributed by atoms with E-state index in [1.807, 2.05) is 42.5 Å². The van der Waals surface area contributed by atoms with E-state index in [1.165, 1.54) is 0 Å². The largest absolute Gasteiger partial charge is 0.497 e. The van der Waals surface area contributed by atoms with Gasteiger partial charge in [-0.05, 0) is 41.5 Å². The number of methoxy groups -OCH3 is 1. The van der Waals surface area contributed by atoms with Crippen molar-refractivity contribution in [3.8, 4) is 16.9 Å². The maximum absolute atomic E-state index is 6.00. The van der Waals surface area contributed by atoms with Gasteiger partial charge in [0.15, 0.2) is 0 Å². The maximum atomic E-state index is 6.00. The van der Waals surface area contributed by atoms with E-state index in [0.717, 1.165) is 27.8 Å². The standard InChI is InChI=1S/C16H12ClNO/c1-19-13-4-2-3-11(9-13)14-7-8-18-16-10-12(17)5-6-15(14)16/h2-10H,1H3. The highest BCUT2D eigenvalue weighted by Gasteiger charge is 2.06. The van der Waals surface area contributed by atoms with Crippen LogP contribution in [-0.2, 0) is 0 Å². The smallest absolute Gasteiger partial charge is 0.119 e. The van der Waals surface area contributed by atoms with E-state index in [4.69, 9.17) is 16.3 Å². The molecule has 1 heterocycles. The molecule has 3 rings (SSSR count). The molecule has 0 fully saturated rings. The van der Waals surface area contributed by atoms with Crippen LogP contribution < -0.4 is 4.74 Å². The molecular formula is C16H12ClNO. The van der Waals surface area contributed by atoms with Crippen LogP contribution in [0.25, 0.3) is 22.0 Å².